The van der Waals surface area contributed by atoms with E-state index in [4.69, 9.17) is 28.6 Å². The van der Waals surface area contributed by atoms with Crippen LogP contribution < -0.4 is 20.7 Å². The highest BCUT2D eigenvalue weighted by Gasteiger charge is 2.20. The Labute approximate surface area is 198 Å². The molecule has 0 fully saturated rings. The number of benzene rings is 3. The Morgan fingerprint density at radius 1 is 0.970 bits per heavy atom. The van der Waals surface area contributed by atoms with E-state index in [0.717, 1.165) is 0 Å². The molecule has 0 aromatic heterocycles. The lowest BCUT2D eigenvalue weighted by Gasteiger charge is -2.14. The van der Waals surface area contributed by atoms with Gasteiger partial charge in [-0.15, -0.1) is 0 Å². The van der Waals surface area contributed by atoms with E-state index in [1.165, 1.54) is 31.4 Å². The summed E-state index contributed by atoms with van der Waals surface area (Å²) in [7, 11) is 1.43. The molecule has 0 aliphatic carbocycles. The van der Waals surface area contributed by atoms with Crippen LogP contribution in [0.25, 0.3) is 0 Å². The zero-order valence-corrected chi connectivity index (χ0v) is 18.7. The first-order valence-electron chi connectivity index (χ1n) is 9.40. The lowest BCUT2D eigenvalue weighted by Crippen LogP contribution is -2.34. The van der Waals surface area contributed by atoms with E-state index in [0.29, 0.717) is 27.7 Å². The average Bonchev–Trinajstić information content (AvgIpc) is 2.80. The van der Waals surface area contributed by atoms with Gasteiger partial charge in [0.05, 0.1) is 28.3 Å². The van der Waals surface area contributed by atoms with Crippen LogP contribution in [0.1, 0.15) is 20.7 Å². The summed E-state index contributed by atoms with van der Waals surface area (Å²) in [6.07, 6.45) is 0. The Balaban J connectivity index is 1.70. The fraction of sp³-hybridized carbons (Fsp3) is 0.0455. The van der Waals surface area contributed by atoms with E-state index in [1.807, 2.05) is 0 Å². The normalized spacial score (nSPS) is 10.1. The molecule has 168 valence electrons. The third kappa shape index (κ3) is 5.82. The van der Waals surface area contributed by atoms with Crippen LogP contribution in [0.3, 0.4) is 0 Å². The number of halogens is 1. The zero-order valence-electron chi connectivity index (χ0n) is 17.1. The van der Waals surface area contributed by atoms with Crippen molar-refractivity contribution in [1.82, 2.24) is 5.32 Å². The number of nitrogens with one attached hydrogen (secondary N) is 3. The number of nitrogens with zero attached hydrogens (tertiary/aromatic N) is 1. The summed E-state index contributed by atoms with van der Waals surface area (Å²) in [5.74, 6) is -0.810. The third-order valence-corrected chi connectivity index (χ3v) is 4.93. The summed E-state index contributed by atoms with van der Waals surface area (Å²) in [4.78, 5) is 35.4. The lowest BCUT2D eigenvalue weighted by molar-refractivity contribution is -0.385. The number of nitro groups is 1. The molecule has 9 nitrogen and oxygen atoms in total. The van der Waals surface area contributed by atoms with Crippen LogP contribution in [-0.2, 0) is 0 Å². The van der Waals surface area contributed by atoms with Gasteiger partial charge in [-0.2, -0.15) is 0 Å². The summed E-state index contributed by atoms with van der Waals surface area (Å²) >= 11 is 11.2. The molecule has 11 heteroatoms. The molecule has 0 unspecified atom stereocenters. The highest BCUT2D eigenvalue weighted by molar-refractivity contribution is 7.80. The molecule has 3 rings (SSSR count). The van der Waals surface area contributed by atoms with E-state index < -0.39 is 16.7 Å². The number of carbonyl (C=O) groups excluding carboxylic acids is 2. The molecule has 0 saturated heterocycles. The summed E-state index contributed by atoms with van der Waals surface area (Å²) in [5.41, 5.74) is 0.695. The summed E-state index contributed by atoms with van der Waals surface area (Å²) in [5, 5.41) is 19.3. The predicted molar refractivity (Wildman–Crippen MR) is 129 cm³/mol. The van der Waals surface area contributed by atoms with Gasteiger partial charge in [-0.05, 0) is 42.5 Å². The van der Waals surface area contributed by atoms with Crippen molar-refractivity contribution in [2.75, 3.05) is 17.7 Å². The smallest absolute Gasteiger partial charge is 0.282 e. The van der Waals surface area contributed by atoms with Crippen molar-refractivity contribution < 1.29 is 19.2 Å². The van der Waals surface area contributed by atoms with E-state index in [2.05, 4.69) is 16.0 Å². The molecule has 33 heavy (non-hydrogen) atoms. The quantitative estimate of drug-likeness (QED) is 0.264. The summed E-state index contributed by atoms with van der Waals surface area (Å²) < 4.78 is 5.33. The van der Waals surface area contributed by atoms with Crippen molar-refractivity contribution in [3.8, 4) is 5.75 Å². The number of para-hydroxylation sites is 1. The fourth-order valence-electron chi connectivity index (χ4n) is 2.86. The number of ether oxygens (including phenoxy) is 1. The lowest BCUT2D eigenvalue weighted by atomic mass is 10.1. The number of amides is 2. The summed E-state index contributed by atoms with van der Waals surface area (Å²) in [6, 6.07) is 16.9. The first kappa shape index (κ1) is 23.6. The van der Waals surface area contributed by atoms with Gasteiger partial charge in [0.2, 0.25) is 0 Å². The molecule has 0 bridgehead atoms. The van der Waals surface area contributed by atoms with Gasteiger partial charge in [0.25, 0.3) is 17.5 Å². The maximum Gasteiger partial charge on any atom is 0.282 e. The number of anilines is 2. The van der Waals surface area contributed by atoms with Gasteiger partial charge >= 0.3 is 0 Å². The van der Waals surface area contributed by atoms with Gasteiger partial charge in [-0.25, -0.2) is 0 Å². The van der Waals surface area contributed by atoms with Gasteiger partial charge < -0.3 is 15.4 Å². The molecule has 3 N–H and O–H groups in total. The molecule has 0 radical (unpaired) electrons. The van der Waals surface area contributed by atoms with Crippen molar-refractivity contribution >= 4 is 57.8 Å². The second-order valence-corrected chi connectivity index (χ2v) is 7.35. The maximum absolute atomic E-state index is 12.5. The molecular formula is C22H17ClN4O5S. The van der Waals surface area contributed by atoms with Crippen molar-refractivity contribution in [3.05, 3.63) is 93.0 Å². The third-order valence-electron chi connectivity index (χ3n) is 4.40. The number of rotatable bonds is 6. The van der Waals surface area contributed by atoms with E-state index in [-0.39, 0.29) is 16.4 Å². The van der Waals surface area contributed by atoms with Crippen LogP contribution in [0, 0.1) is 10.1 Å². The fourth-order valence-corrected chi connectivity index (χ4v) is 3.30. The second-order valence-electron chi connectivity index (χ2n) is 6.53. The Bertz CT molecular complexity index is 1250. The number of hydrogen-bond donors (Lipinski definition) is 3. The van der Waals surface area contributed by atoms with Gasteiger partial charge in [-0.3, -0.25) is 25.0 Å². The van der Waals surface area contributed by atoms with E-state index >= 15 is 0 Å². The molecule has 0 aliphatic rings. The molecule has 3 aromatic rings. The van der Waals surface area contributed by atoms with Crippen molar-refractivity contribution in [1.29, 1.82) is 0 Å². The van der Waals surface area contributed by atoms with Crippen LogP contribution >= 0.6 is 23.8 Å². The van der Waals surface area contributed by atoms with Gasteiger partial charge in [0.1, 0.15) is 11.3 Å². The SMILES string of the molecule is COc1cc(NC(=S)NC(=O)c2ccccc2[N+](=O)[O-])ccc1NC(=O)c1ccccc1Cl. The summed E-state index contributed by atoms with van der Waals surface area (Å²) in [6.45, 7) is 0. The minimum absolute atomic E-state index is 0.0759. The number of methoxy groups -OCH3 is 1. The molecule has 0 aliphatic heterocycles. The van der Waals surface area contributed by atoms with E-state index in [9.17, 15) is 19.7 Å². The van der Waals surface area contributed by atoms with Crippen LogP contribution in [-0.4, -0.2) is 29.0 Å². The topological polar surface area (TPSA) is 123 Å². The standard InChI is InChI=1S/C22H17ClN4O5S/c1-32-19-12-13(10-11-17(19)25-20(28)14-6-2-4-8-16(14)23)24-22(33)26-21(29)15-7-3-5-9-18(15)27(30)31/h2-12H,1H3,(H,25,28)(H2,24,26,29,33). The van der Waals surface area contributed by atoms with Gasteiger partial charge in [0, 0.05) is 17.8 Å². The molecule has 3 aromatic carbocycles. The van der Waals surface area contributed by atoms with Crippen molar-refractivity contribution in [2.24, 2.45) is 0 Å². The monoisotopic (exact) mass is 484 g/mol. The van der Waals surface area contributed by atoms with Crippen LogP contribution in [0.15, 0.2) is 66.7 Å². The highest BCUT2D eigenvalue weighted by Crippen LogP contribution is 2.29. The van der Waals surface area contributed by atoms with Crippen molar-refractivity contribution in [2.45, 2.75) is 0 Å². The van der Waals surface area contributed by atoms with Crippen LogP contribution in [0.5, 0.6) is 5.75 Å². The first-order valence-corrected chi connectivity index (χ1v) is 10.2. The Morgan fingerprint density at radius 2 is 1.64 bits per heavy atom. The zero-order chi connectivity index (χ0) is 24.0. The number of nitro benzene ring substituents is 1. The van der Waals surface area contributed by atoms with Gasteiger partial charge in [-0.1, -0.05) is 35.9 Å². The van der Waals surface area contributed by atoms with Crippen LogP contribution in [0.4, 0.5) is 17.1 Å². The predicted octanol–water partition coefficient (Wildman–Crippen LogP) is 4.64. The number of carbonyl (C=O) groups is 2. The molecule has 0 saturated carbocycles. The second kappa shape index (κ2) is 10.5. The molecule has 0 spiro atoms. The Kier molecular flexibility index (Phi) is 7.54. The maximum atomic E-state index is 12.5. The number of hydrogen-bond acceptors (Lipinski definition) is 6. The Morgan fingerprint density at radius 3 is 2.30 bits per heavy atom. The van der Waals surface area contributed by atoms with Crippen LogP contribution in [0.2, 0.25) is 5.02 Å². The van der Waals surface area contributed by atoms with Gasteiger partial charge in [0.15, 0.2) is 5.11 Å². The van der Waals surface area contributed by atoms with E-state index in [1.54, 1.807) is 42.5 Å². The average molecular weight is 485 g/mol. The highest BCUT2D eigenvalue weighted by atomic mass is 35.5. The minimum atomic E-state index is -0.726. The molecule has 0 heterocycles. The first-order chi connectivity index (χ1) is 15.8. The molecule has 0 atom stereocenters. The molecular weight excluding hydrogens is 468 g/mol. The molecule has 2 amide bonds. The van der Waals surface area contributed by atoms with Crippen molar-refractivity contribution in [3.63, 3.8) is 0 Å². The Hall–Kier alpha value is -4.02. The largest absolute Gasteiger partial charge is 0.494 e. The number of thiocarbonyl (C=S) groups is 1. The minimum Gasteiger partial charge on any atom is -0.494 e.